The van der Waals surface area contributed by atoms with Crippen molar-refractivity contribution in [2.24, 2.45) is 0 Å². The molecule has 1 fully saturated rings. The Morgan fingerprint density at radius 2 is 2.37 bits per heavy atom. The predicted molar refractivity (Wildman–Crippen MR) is 74.3 cm³/mol. The number of carbonyl (C=O) groups excluding carboxylic acids is 1. The largest absolute Gasteiger partial charge is 0.490 e. The summed E-state index contributed by atoms with van der Waals surface area (Å²) in [6.45, 7) is 4.52. The summed E-state index contributed by atoms with van der Waals surface area (Å²) in [6, 6.07) is 3.73. The number of hydrogen-bond acceptors (Lipinski definition) is 4. The maximum absolute atomic E-state index is 11.9. The van der Waals surface area contributed by atoms with Gasteiger partial charge in [0.1, 0.15) is 6.04 Å². The van der Waals surface area contributed by atoms with Crippen molar-refractivity contribution < 1.29 is 9.53 Å². The van der Waals surface area contributed by atoms with Crippen LogP contribution in [-0.4, -0.2) is 29.6 Å². The fourth-order valence-corrected chi connectivity index (χ4v) is 1.65. The van der Waals surface area contributed by atoms with Crippen LogP contribution in [0.25, 0.3) is 0 Å². The van der Waals surface area contributed by atoms with Gasteiger partial charge in [0.25, 0.3) is 0 Å². The van der Waals surface area contributed by atoms with Crippen LogP contribution in [0.3, 0.4) is 0 Å². The lowest BCUT2D eigenvalue weighted by Gasteiger charge is -2.16. The van der Waals surface area contributed by atoms with Gasteiger partial charge in [-0.25, -0.2) is 4.98 Å². The highest BCUT2D eigenvalue weighted by Gasteiger charge is 2.25. The molecule has 1 atom stereocenters. The molecular formula is C14H21N3O2. The van der Waals surface area contributed by atoms with Gasteiger partial charge in [-0.15, -0.1) is 0 Å². The van der Waals surface area contributed by atoms with E-state index in [1.54, 1.807) is 6.20 Å². The van der Waals surface area contributed by atoms with Crippen molar-refractivity contribution in [3.8, 4) is 5.75 Å². The highest BCUT2D eigenvalue weighted by atomic mass is 16.5. The molecule has 1 saturated carbocycles. The molecule has 104 valence electrons. The fraction of sp³-hybridized carbons (Fsp3) is 0.571. The Morgan fingerprint density at radius 3 is 3.05 bits per heavy atom. The number of ether oxygens (including phenoxy) is 1. The number of anilines is 1. The zero-order chi connectivity index (χ0) is 13.7. The molecule has 0 aliphatic heterocycles. The summed E-state index contributed by atoms with van der Waals surface area (Å²) < 4.78 is 5.60. The van der Waals surface area contributed by atoms with Gasteiger partial charge in [0.2, 0.25) is 5.91 Å². The van der Waals surface area contributed by atoms with Crippen molar-refractivity contribution in [1.82, 2.24) is 10.3 Å². The molecule has 5 nitrogen and oxygen atoms in total. The standard InChI is InChI=1S/C14H21N3O2/c1-3-9-19-12-5-4-8-15-13(12)16-10(2)14(18)17-11-6-7-11/h4-5,8,10-11H,3,6-7,9H2,1-2H3,(H,15,16)(H,17,18). The van der Waals surface area contributed by atoms with Gasteiger partial charge in [-0.05, 0) is 38.3 Å². The minimum atomic E-state index is -0.320. The van der Waals surface area contributed by atoms with Gasteiger partial charge in [0.05, 0.1) is 6.61 Å². The molecule has 0 spiro atoms. The van der Waals surface area contributed by atoms with Gasteiger partial charge in [0.15, 0.2) is 11.6 Å². The molecule has 0 radical (unpaired) electrons. The Hall–Kier alpha value is -1.78. The van der Waals surface area contributed by atoms with Crippen LogP contribution in [0, 0.1) is 0 Å². The minimum Gasteiger partial charge on any atom is -0.490 e. The number of amides is 1. The van der Waals surface area contributed by atoms with E-state index in [0.29, 0.717) is 24.2 Å². The first-order chi connectivity index (χ1) is 9.20. The van der Waals surface area contributed by atoms with Crippen molar-refractivity contribution in [1.29, 1.82) is 0 Å². The van der Waals surface area contributed by atoms with E-state index in [-0.39, 0.29) is 11.9 Å². The molecule has 2 N–H and O–H groups in total. The van der Waals surface area contributed by atoms with Gasteiger partial charge in [-0.3, -0.25) is 4.79 Å². The number of carbonyl (C=O) groups is 1. The van der Waals surface area contributed by atoms with Crippen LogP contribution >= 0.6 is 0 Å². The summed E-state index contributed by atoms with van der Waals surface area (Å²) in [5, 5.41) is 6.07. The Balaban J connectivity index is 1.94. The first-order valence-corrected chi connectivity index (χ1v) is 6.85. The smallest absolute Gasteiger partial charge is 0.242 e. The zero-order valence-corrected chi connectivity index (χ0v) is 11.5. The molecule has 0 saturated heterocycles. The summed E-state index contributed by atoms with van der Waals surface area (Å²) in [5.74, 6) is 1.32. The lowest BCUT2D eigenvalue weighted by molar-refractivity contribution is -0.121. The van der Waals surface area contributed by atoms with E-state index in [9.17, 15) is 4.79 Å². The second-order valence-corrected chi connectivity index (χ2v) is 4.85. The van der Waals surface area contributed by atoms with Crippen LogP contribution in [0.1, 0.15) is 33.1 Å². The third-order valence-electron chi connectivity index (χ3n) is 2.90. The van der Waals surface area contributed by atoms with Crippen LogP contribution < -0.4 is 15.4 Å². The number of nitrogens with zero attached hydrogens (tertiary/aromatic N) is 1. The number of aromatic nitrogens is 1. The van der Waals surface area contributed by atoms with Crippen LogP contribution in [0.15, 0.2) is 18.3 Å². The molecule has 1 aliphatic carbocycles. The van der Waals surface area contributed by atoms with Gasteiger partial charge in [-0.1, -0.05) is 6.92 Å². The van der Waals surface area contributed by atoms with E-state index >= 15 is 0 Å². The van der Waals surface area contributed by atoms with Crippen LogP contribution in [-0.2, 0) is 4.79 Å². The van der Waals surface area contributed by atoms with Crippen molar-refractivity contribution in [2.45, 2.75) is 45.2 Å². The Morgan fingerprint density at radius 1 is 1.58 bits per heavy atom. The SMILES string of the molecule is CCCOc1cccnc1NC(C)C(=O)NC1CC1. The third-order valence-corrected chi connectivity index (χ3v) is 2.90. The molecule has 1 aliphatic rings. The predicted octanol–water partition coefficient (Wildman–Crippen LogP) is 1.95. The van der Waals surface area contributed by atoms with Crippen molar-refractivity contribution in [3.63, 3.8) is 0 Å². The van der Waals surface area contributed by atoms with Crippen LogP contribution in [0.2, 0.25) is 0 Å². The number of rotatable bonds is 7. The third kappa shape index (κ3) is 4.12. The molecule has 2 rings (SSSR count). The molecule has 1 aromatic heterocycles. The molecule has 0 aromatic carbocycles. The first kappa shape index (κ1) is 13.6. The Kier molecular flexibility index (Phi) is 4.60. The average Bonchev–Trinajstić information content (AvgIpc) is 3.21. The quantitative estimate of drug-likeness (QED) is 0.789. The van der Waals surface area contributed by atoms with E-state index in [1.165, 1.54) is 0 Å². The molecular weight excluding hydrogens is 242 g/mol. The summed E-state index contributed by atoms with van der Waals surface area (Å²) in [5.41, 5.74) is 0. The van der Waals surface area contributed by atoms with E-state index in [4.69, 9.17) is 4.74 Å². The van der Waals surface area contributed by atoms with Gasteiger partial charge in [-0.2, -0.15) is 0 Å². The summed E-state index contributed by atoms with van der Waals surface area (Å²) >= 11 is 0. The van der Waals surface area contributed by atoms with Crippen molar-refractivity contribution in [3.05, 3.63) is 18.3 Å². The first-order valence-electron chi connectivity index (χ1n) is 6.85. The molecule has 1 unspecified atom stereocenters. The highest BCUT2D eigenvalue weighted by molar-refractivity contribution is 5.84. The lowest BCUT2D eigenvalue weighted by Crippen LogP contribution is -2.38. The maximum Gasteiger partial charge on any atom is 0.242 e. The van der Waals surface area contributed by atoms with Crippen molar-refractivity contribution >= 4 is 11.7 Å². The molecule has 0 bridgehead atoms. The summed E-state index contributed by atoms with van der Waals surface area (Å²) in [6.07, 6.45) is 4.80. The summed E-state index contributed by atoms with van der Waals surface area (Å²) in [7, 11) is 0. The second-order valence-electron chi connectivity index (χ2n) is 4.85. The highest BCUT2D eigenvalue weighted by Crippen LogP contribution is 2.22. The zero-order valence-electron chi connectivity index (χ0n) is 11.5. The normalized spacial score (nSPS) is 15.7. The number of nitrogens with one attached hydrogen (secondary N) is 2. The van der Waals surface area contributed by atoms with Gasteiger partial charge < -0.3 is 15.4 Å². The minimum absolute atomic E-state index is 0.00888. The maximum atomic E-state index is 11.9. The summed E-state index contributed by atoms with van der Waals surface area (Å²) in [4.78, 5) is 16.1. The number of pyridine rings is 1. The van der Waals surface area contributed by atoms with E-state index < -0.39 is 0 Å². The van der Waals surface area contributed by atoms with Gasteiger partial charge in [0, 0.05) is 12.2 Å². The van der Waals surface area contributed by atoms with Crippen LogP contribution in [0.5, 0.6) is 5.75 Å². The molecule has 1 amide bonds. The monoisotopic (exact) mass is 263 g/mol. The molecule has 1 heterocycles. The van der Waals surface area contributed by atoms with Crippen LogP contribution in [0.4, 0.5) is 5.82 Å². The Labute approximate surface area is 113 Å². The second kappa shape index (κ2) is 6.41. The molecule has 19 heavy (non-hydrogen) atoms. The van der Waals surface area contributed by atoms with E-state index in [0.717, 1.165) is 19.3 Å². The topological polar surface area (TPSA) is 63.2 Å². The molecule has 1 aromatic rings. The fourth-order valence-electron chi connectivity index (χ4n) is 1.65. The molecule has 5 heteroatoms. The van der Waals surface area contributed by atoms with E-state index in [1.807, 2.05) is 19.1 Å². The average molecular weight is 263 g/mol. The van der Waals surface area contributed by atoms with E-state index in [2.05, 4.69) is 22.5 Å². The lowest BCUT2D eigenvalue weighted by atomic mass is 10.3. The number of hydrogen-bond donors (Lipinski definition) is 2. The Bertz CT molecular complexity index is 432. The van der Waals surface area contributed by atoms with Gasteiger partial charge >= 0.3 is 0 Å². The van der Waals surface area contributed by atoms with Crippen molar-refractivity contribution in [2.75, 3.05) is 11.9 Å².